The van der Waals surface area contributed by atoms with E-state index in [1.165, 1.54) is 4.88 Å². The van der Waals surface area contributed by atoms with Crippen LogP contribution in [0.5, 0.6) is 0 Å². The Morgan fingerprint density at radius 1 is 1.60 bits per heavy atom. The van der Waals surface area contributed by atoms with Crippen molar-refractivity contribution in [3.05, 3.63) is 22.4 Å². The predicted octanol–water partition coefficient (Wildman–Crippen LogP) is 2.21. The molecule has 0 saturated carbocycles. The molecular weight excluding hydrogens is 206 g/mol. The van der Waals surface area contributed by atoms with Crippen molar-refractivity contribution in [1.29, 1.82) is 0 Å². The Morgan fingerprint density at radius 3 is 2.93 bits per heavy atom. The number of hydrogen-bond acceptors (Lipinski definition) is 2. The Bertz CT molecular complexity index is 293. The molecule has 1 unspecified atom stereocenters. The second kappa shape index (κ2) is 6.45. The summed E-state index contributed by atoms with van der Waals surface area (Å²) in [6.45, 7) is 5.15. The first kappa shape index (κ1) is 12.0. The van der Waals surface area contributed by atoms with Gasteiger partial charge in [0.05, 0.1) is 6.54 Å². The molecule has 0 radical (unpaired) electrons. The molecule has 0 aliphatic heterocycles. The SMILES string of the molecule is CCC(C)NC(=NC)NCc1cccs1. The molecule has 0 amide bonds. The standard InChI is InChI=1S/C11H19N3S/c1-4-9(2)14-11(12-3)13-8-10-6-5-7-15-10/h5-7,9H,4,8H2,1-3H3,(H2,12,13,14). The molecule has 1 rings (SSSR count). The zero-order chi connectivity index (χ0) is 11.1. The summed E-state index contributed by atoms with van der Waals surface area (Å²) in [6, 6.07) is 4.64. The molecule has 15 heavy (non-hydrogen) atoms. The highest BCUT2D eigenvalue weighted by atomic mass is 32.1. The fourth-order valence-corrected chi connectivity index (χ4v) is 1.76. The van der Waals surface area contributed by atoms with Crippen molar-refractivity contribution >= 4 is 17.3 Å². The quantitative estimate of drug-likeness (QED) is 0.609. The lowest BCUT2D eigenvalue weighted by Crippen LogP contribution is -2.41. The monoisotopic (exact) mass is 225 g/mol. The molecule has 3 nitrogen and oxygen atoms in total. The Kier molecular flexibility index (Phi) is 5.18. The van der Waals surface area contributed by atoms with E-state index in [1.807, 2.05) is 0 Å². The van der Waals surface area contributed by atoms with Crippen LogP contribution in [0.2, 0.25) is 0 Å². The van der Waals surface area contributed by atoms with Crippen molar-refractivity contribution in [2.75, 3.05) is 7.05 Å². The first-order valence-electron chi connectivity index (χ1n) is 5.25. The first-order valence-corrected chi connectivity index (χ1v) is 6.13. The summed E-state index contributed by atoms with van der Waals surface area (Å²) in [5, 5.41) is 8.69. The van der Waals surface area contributed by atoms with Gasteiger partial charge < -0.3 is 10.6 Å². The summed E-state index contributed by atoms with van der Waals surface area (Å²) in [7, 11) is 1.80. The molecule has 1 aromatic heterocycles. The first-order chi connectivity index (χ1) is 7.26. The number of aliphatic imine (C=N–C) groups is 1. The summed E-state index contributed by atoms with van der Waals surface area (Å²) in [4.78, 5) is 5.50. The molecule has 0 fully saturated rings. The van der Waals surface area contributed by atoms with Crippen LogP contribution in [-0.2, 0) is 6.54 Å². The Hall–Kier alpha value is -1.03. The average molecular weight is 225 g/mol. The van der Waals surface area contributed by atoms with E-state index in [9.17, 15) is 0 Å². The number of nitrogens with one attached hydrogen (secondary N) is 2. The van der Waals surface area contributed by atoms with E-state index < -0.39 is 0 Å². The number of rotatable bonds is 4. The Balaban J connectivity index is 2.35. The minimum atomic E-state index is 0.458. The second-order valence-electron chi connectivity index (χ2n) is 3.46. The molecule has 1 atom stereocenters. The van der Waals surface area contributed by atoms with Crippen molar-refractivity contribution < 1.29 is 0 Å². The molecule has 2 N–H and O–H groups in total. The minimum Gasteiger partial charge on any atom is -0.354 e. The molecule has 0 bridgehead atoms. The summed E-state index contributed by atoms with van der Waals surface area (Å²) >= 11 is 1.75. The molecule has 0 aliphatic rings. The topological polar surface area (TPSA) is 36.4 Å². The molecule has 4 heteroatoms. The van der Waals surface area contributed by atoms with E-state index >= 15 is 0 Å². The lowest BCUT2D eigenvalue weighted by molar-refractivity contribution is 0.624. The lowest BCUT2D eigenvalue weighted by atomic mass is 10.3. The highest BCUT2D eigenvalue weighted by molar-refractivity contribution is 7.09. The zero-order valence-electron chi connectivity index (χ0n) is 9.58. The van der Waals surface area contributed by atoms with Crippen LogP contribution < -0.4 is 10.6 Å². The van der Waals surface area contributed by atoms with E-state index in [4.69, 9.17) is 0 Å². The lowest BCUT2D eigenvalue weighted by Gasteiger charge is -2.15. The van der Waals surface area contributed by atoms with Gasteiger partial charge in [-0.05, 0) is 24.8 Å². The third-order valence-corrected chi connectivity index (χ3v) is 3.11. The molecule has 84 valence electrons. The second-order valence-corrected chi connectivity index (χ2v) is 4.49. The summed E-state index contributed by atoms with van der Waals surface area (Å²) < 4.78 is 0. The maximum absolute atomic E-state index is 4.17. The Labute approximate surface area is 95.6 Å². The van der Waals surface area contributed by atoms with Crippen LogP contribution in [0.25, 0.3) is 0 Å². The van der Waals surface area contributed by atoms with Crippen molar-refractivity contribution in [3.63, 3.8) is 0 Å². The van der Waals surface area contributed by atoms with E-state index in [0.717, 1.165) is 18.9 Å². The van der Waals surface area contributed by atoms with Crippen molar-refractivity contribution in [3.8, 4) is 0 Å². The van der Waals surface area contributed by atoms with Gasteiger partial charge in [-0.2, -0.15) is 0 Å². The van der Waals surface area contributed by atoms with Crippen LogP contribution in [0.4, 0.5) is 0 Å². The Morgan fingerprint density at radius 2 is 2.40 bits per heavy atom. The molecule has 1 aromatic rings. The maximum atomic E-state index is 4.17. The molecule has 0 aromatic carbocycles. The molecule has 1 heterocycles. The summed E-state index contributed by atoms with van der Waals surface area (Å²) in [6.07, 6.45) is 1.10. The maximum Gasteiger partial charge on any atom is 0.191 e. The highest BCUT2D eigenvalue weighted by Gasteiger charge is 2.02. The van der Waals surface area contributed by atoms with Crippen LogP contribution in [0.3, 0.4) is 0 Å². The van der Waals surface area contributed by atoms with Gasteiger partial charge in [0.2, 0.25) is 0 Å². The third-order valence-electron chi connectivity index (χ3n) is 2.23. The van der Waals surface area contributed by atoms with Gasteiger partial charge in [-0.3, -0.25) is 4.99 Å². The van der Waals surface area contributed by atoms with Gasteiger partial charge in [-0.1, -0.05) is 13.0 Å². The highest BCUT2D eigenvalue weighted by Crippen LogP contribution is 2.07. The van der Waals surface area contributed by atoms with E-state index in [1.54, 1.807) is 18.4 Å². The van der Waals surface area contributed by atoms with Gasteiger partial charge in [-0.25, -0.2) is 0 Å². The smallest absolute Gasteiger partial charge is 0.191 e. The van der Waals surface area contributed by atoms with Crippen molar-refractivity contribution in [1.82, 2.24) is 10.6 Å². The normalized spacial score (nSPS) is 13.7. The summed E-state index contributed by atoms with van der Waals surface area (Å²) in [5.41, 5.74) is 0. The van der Waals surface area contributed by atoms with E-state index in [-0.39, 0.29) is 0 Å². The molecular formula is C11H19N3S. The van der Waals surface area contributed by atoms with Crippen LogP contribution in [-0.4, -0.2) is 19.0 Å². The van der Waals surface area contributed by atoms with Gasteiger partial charge in [-0.15, -0.1) is 11.3 Å². The van der Waals surface area contributed by atoms with Crippen molar-refractivity contribution in [2.24, 2.45) is 4.99 Å². The van der Waals surface area contributed by atoms with Crippen molar-refractivity contribution in [2.45, 2.75) is 32.9 Å². The van der Waals surface area contributed by atoms with Crippen LogP contribution in [0.1, 0.15) is 25.1 Å². The minimum absolute atomic E-state index is 0.458. The van der Waals surface area contributed by atoms with Crippen LogP contribution in [0.15, 0.2) is 22.5 Å². The van der Waals surface area contributed by atoms with Gasteiger partial charge in [0.25, 0.3) is 0 Å². The summed E-state index contributed by atoms with van der Waals surface area (Å²) in [5.74, 6) is 0.873. The van der Waals surface area contributed by atoms with E-state index in [0.29, 0.717) is 6.04 Å². The zero-order valence-corrected chi connectivity index (χ0v) is 10.4. The van der Waals surface area contributed by atoms with Gasteiger partial charge in [0, 0.05) is 18.0 Å². The van der Waals surface area contributed by atoms with Gasteiger partial charge in [0.15, 0.2) is 5.96 Å². The number of hydrogen-bond donors (Lipinski definition) is 2. The number of nitrogens with zero attached hydrogens (tertiary/aromatic N) is 1. The van der Waals surface area contributed by atoms with Gasteiger partial charge in [0.1, 0.15) is 0 Å². The van der Waals surface area contributed by atoms with Crippen LogP contribution >= 0.6 is 11.3 Å². The predicted molar refractivity (Wildman–Crippen MR) is 67.4 cm³/mol. The number of thiophene rings is 1. The molecule has 0 saturated heterocycles. The molecule has 0 spiro atoms. The number of guanidine groups is 1. The third kappa shape index (κ3) is 4.34. The largest absolute Gasteiger partial charge is 0.354 e. The fraction of sp³-hybridized carbons (Fsp3) is 0.545. The van der Waals surface area contributed by atoms with E-state index in [2.05, 4.69) is 47.0 Å². The van der Waals surface area contributed by atoms with Gasteiger partial charge >= 0.3 is 0 Å². The fourth-order valence-electron chi connectivity index (χ4n) is 1.11. The molecule has 0 aliphatic carbocycles. The van der Waals surface area contributed by atoms with Crippen LogP contribution in [0, 0.1) is 0 Å². The average Bonchev–Trinajstić information content (AvgIpc) is 2.76.